The highest BCUT2D eigenvalue weighted by Gasteiger charge is 2.34. The van der Waals surface area contributed by atoms with E-state index < -0.39 is 0 Å². The largest absolute Gasteiger partial charge is 0.466 e. The van der Waals surface area contributed by atoms with Gasteiger partial charge >= 0.3 is 11.9 Å². The first-order valence-electron chi connectivity index (χ1n) is 7.19. The minimum absolute atomic E-state index is 0.0194. The average molecular weight is 302 g/mol. The fourth-order valence-corrected chi connectivity index (χ4v) is 1.93. The Morgan fingerprint density at radius 2 is 1.86 bits per heavy atom. The number of hydrogen-bond acceptors (Lipinski definition) is 5. The highest BCUT2D eigenvalue weighted by atomic mass is 16.5. The normalized spacial score (nSPS) is 19.4. The fraction of sp³-hybridized carbons (Fsp3) is 0.750. The molecule has 2 unspecified atom stereocenters. The van der Waals surface area contributed by atoms with E-state index in [1.54, 1.807) is 21.1 Å². The second-order valence-electron chi connectivity index (χ2n) is 4.87. The summed E-state index contributed by atoms with van der Waals surface area (Å²) in [5, 5.41) is 0. The Hall–Kier alpha value is -1.36. The van der Waals surface area contributed by atoms with Gasteiger partial charge in [-0.2, -0.15) is 0 Å². The van der Waals surface area contributed by atoms with Gasteiger partial charge in [0.2, 0.25) is 0 Å². The average Bonchev–Trinajstić information content (AvgIpc) is 2.80. The van der Waals surface area contributed by atoms with Crippen molar-refractivity contribution in [1.82, 2.24) is 0 Å². The minimum atomic E-state index is -0.347. The molecule has 1 fully saturated rings. The molecule has 1 aliphatic heterocycles. The topological polar surface area (TPSA) is 61.8 Å². The molecule has 0 radical (unpaired) electrons. The number of carbonyl (C=O) groups is 2. The predicted octanol–water partition coefficient (Wildman–Crippen LogP) is 2.98. The van der Waals surface area contributed by atoms with Crippen LogP contribution in [-0.2, 0) is 23.8 Å². The number of ether oxygens (including phenoxy) is 3. The number of carbonyl (C=O) groups excluding carboxylic acids is 2. The Morgan fingerprint density at radius 3 is 2.14 bits per heavy atom. The van der Waals surface area contributed by atoms with Crippen LogP contribution in [0.25, 0.3) is 0 Å². The maximum Gasteiger partial charge on any atom is 0.332 e. The minimum Gasteiger partial charge on any atom is -0.466 e. The standard InChI is InChI=1S/C9H16O2.C5H8O2.C2H6O/c1-3-5-7-6-11-9(10)8(7)4-2;1-4(2)5(6)7-3;1-3-2/h7-8H,3-6H2,1-2H3;1H2,2-3H3;1-2H3. The first-order valence-corrected chi connectivity index (χ1v) is 7.19. The summed E-state index contributed by atoms with van der Waals surface area (Å²) in [5.74, 6) is 0.360. The van der Waals surface area contributed by atoms with E-state index in [-0.39, 0.29) is 17.9 Å². The van der Waals surface area contributed by atoms with Crippen LogP contribution in [0, 0.1) is 11.8 Å². The zero-order valence-corrected chi connectivity index (χ0v) is 14.2. The smallest absolute Gasteiger partial charge is 0.332 e. The van der Waals surface area contributed by atoms with Crippen molar-refractivity contribution < 1.29 is 23.8 Å². The molecule has 124 valence electrons. The maximum atomic E-state index is 11.1. The van der Waals surface area contributed by atoms with Gasteiger partial charge in [0.15, 0.2) is 0 Å². The number of methoxy groups -OCH3 is 2. The van der Waals surface area contributed by atoms with E-state index in [1.165, 1.54) is 7.11 Å². The molecule has 0 aromatic heterocycles. The second-order valence-corrected chi connectivity index (χ2v) is 4.87. The van der Waals surface area contributed by atoms with Crippen molar-refractivity contribution >= 4 is 11.9 Å². The van der Waals surface area contributed by atoms with Crippen LogP contribution >= 0.6 is 0 Å². The number of hydrogen-bond donors (Lipinski definition) is 0. The molecule has 0 aliphatic carbocycles. The highest BCUT2D eigenvalue weighted by molar-refractivity contribution is 5.86. The Kier molecular flexibility index (Phi) is 14.2. The van der Waals surface area contributed by atoms with Gasteiger partial charge in [0.25, 0.3) is 0 Å². The summed E-state index contributed by atoms with van der Waals surface area (Å²) in [7, 11) is 4.58. The third-order valence-corrected chi connectivity index (χ3v) is 2.94. The molecule has 1 saturated heterocycles. The number of rotatable bonds is 4. The van der Waals surface area contributed by atoms with E-state index in [9.17, 15) is 9.59 Å². The Morgan fingerprint density at radius 1 is 1.33 bits per heavy atom. The van der Waals surface area contributed by atoms with Gasteiger partial charge in [-0.25, -0.2) is 4.79 Å². The molecule has 5 nitrogen and oxygen atoms in total. The lowest BCUT2D eigenvalue weighted by Crippen LogP contribution is -2.14. The third kappa shape index (κ3) is 10.1. The van der Waals surface area contributed by atoms with Crippen LogP contribution < -0.4 is 0 Å². The lowest BCUT2D eigenvalue weighted by molar-refractivity contribution is -0.141. The van der Waals surface area contributed by atoms with E-state index in [4.69, 9.17) is 4.74 Å². The van der Waals surface area contributed by atoms with Crippen molar-refractivity contribution in [2.45, 2.75) is 40.0 Å². The molecule has 0 spiro atoms. The monoisotopic (exact) mass is 302 g/mol. The van der Waals surface area contributed by atoms with E-state index in [2.05, 4.69) is 29.9 Å². The molecular formula is C16H30O5. The number of cyclic esters (lactones) is 1. The van der Waals surface area contributed by atoms with Crippen LogP contribution in [0.4, 0.5) is 0 Å². The third-order valence-electron chi connectivity index (χ3n) is 2.94. The molecule has 1 rings (SSSR count). The second kappa shape index (κ2) is 13.6. The molecular weight excluding hydrogens is 272 g/mol. The van der Waals surface area contributed by atoms with Gasteiger partial charge < -0.3 is 14.2 Å². The van der Waals surface area contributed by atoms with Crippen molar-refractivity contribution in [2.24, 2.45) is 11.8 Å². The lowest BCUT2D eigenvalue weighted by Gasteiger charge is -2.10. The molecule has 5 heteroatoms. The van der Waals surface area contributed by atoms with Crippen LogP contribution in [-0.4, -0.2) is 39.9 Å². The van der Waals surface area contributed by atoms with Crippen LogP contribution in [0.2, 0.25) is 0 Å². The number of esters is 2. The summed E-state index contributed by atoms with van der Waals surface area (Å²) in [5.41, 5.74) is 0.433. The van der Waals surface area contributed by atoms with E-state index in [0.717, 1.165) is 19.3 Å². The highest BCUT2D eigenvalue weighted by Crippen LogP contribution is 2.28. The van der Waals surface area contributed by atoms with Gasteiger partial charge in [0.05, 0.1) is 19.6 Å². The van der Waals surface area contributed by atoms with Crippen molar-refractivity contribution in [3.63, 3.8) is 0 Å². The Balaban J connectivity index is 0. The van der Waals surface area contributed by atoms with E-state index >= 15 is 0 Å². The van der Waals surface area contributed by atoms with Gasteiger partial charge in [-0.3, -0.25) is 4.79 Å². The van der Waals surface area contributed by atoms with Crippen LogP contribution in [0.5, 0.6) is 0 Å². The Bertz CT molecular complexity index is 312. The molecule has 1 aliphatic rings. The molecule has 0 saturated carbocycles. The van der Waals surface area contributed by atoms with Crippen molar-refractivity contribution in [1.29, 1.82) is 0 Å². The van der Waals surface area contributed by atoms with Crippen LogP contribution in [0.3, 0.4) is 0 Å². The predicted molar refractivity (Wildman–Crippen MR) is 82.9 cm³/mol. The summed E-state index contributed by atoms with van der Waals surface area (Å²) in [6.07, 6.45) is 3.21. The first-order chi connectivity index (χ1) is 9.89. The van der Waals surface area contributed by atoms with Gasteiger partial charge in [0.1, 0.15) is 0 Å². The molecule has 2 atom stereocenters. The zero-order valence-electron chi connectivity index (χ0n) is 14.2. The van der Waals surface area contributed by atoms with Gasteiger partial charge in [-0.1, -0.05) is 26.8 Å². The maximum absolute atomic E-state index is 11.1. The Labute approximate surface area is 128 Å². The van der Waals surface area contributed by atoms with Crippen molar-refractivity contribution in [2.75, 3.05) is 27.9 Å². The van der Waals surface area contributed by atoms with E-state index in [0.29, 0.717) is 18.1 Å². The first kappa shape index (κ1) is 21.9. The quantitative estimate of drug-likeness (QED) is 0.590. The summed E-state index contributed by atoms with van der Waals surface area (Å²) in [4.78, 5) is 21.3. The molecule has 0 aromatic carbocycles. The molecule has 0 N–H and O–H groups in total. The SMILES string of the molecule is C=C(C)C(=O)OC.CCCC1COC(=O)C1CC.COC. The van der Waals surface area contributed by atoms with Crippen molar-refractivity contribution in [3.05, 3.63) is 12.2 Å². The molecule has 1 heterocycles. The molecule has 0 bridgehead atoms. The zero-order chi connectivity index (χ0) is 16.8. The van der Waals surface area contributed by atoms with Gasteiger partial charge in [-0.05, 0) is 19.8 Å². The summed E-state index contributed by atoms with van der Waals surface area (Å²) in [6, 6.07) is 0. The van der Waals surface area contributed by atoms with Crippen molar-refractivity contribution in [3.8, 4) is 0 Å². The van der Waals surface area contributed by atoms with Gasteiger partial charge in [-0.15, -0.1) is 0 Å². The molecule has 0 aromatic rings. The van der Waals surface area contributed by atoms with Crippen LogP contribution in [0.1, 0.15) is 40.0 Å². The fourth-order valence-electron chi connectivity index (χ4n) is 1.93. The summed E-state index contributed by atoms with van der Waals surface area (Å²) < 4.78 is 13.5. The molecule has 0 amide bonds. The lowest BCUT2D eigenvalue weighted by atomic mass is 9.89. The van der Waals surface area contributed by atoms with E-state index in [1.807, 2.05) is 0 Å². The summed E-state index contributed by atoms with van der Waals surface area (Å²) >= 11 is 0. The van der Waals surface area contributed by atoms with Crippen LogP contribution in [0.15, 0.2) is 12.2 Å². The van der Waals surface area contributed by atoms with Gasteiger partial charge in [0, 0.05) is 25.7 Å². The molecule has 21 heavy (non-hydrogen) atoms. The summed E-state index contributed by atoms with van der Waals surface area (Å²) in [6.45, 7) is 9.82.